The maximum absolute atomic E-state index is 12.2. The maximum Gasteiger partial charge on any atom is 0.326 e. The summed E-state index contributed by atoms with van der Waals surface area (Å²) in [6.45, 7) is 8.71. The lowest BCUT2D eigenvalue weighted by Gasteiger charge is -2.27. The molecule has 1 aliphatic carbocycles. The fraction of sp³-hybridized carbons (Fsp3) is 0.857. The zero-order valence-electron chi connectivity index (χ0n) is 12.3. The average Bonchev–Trinajstić information content (AvgIpc) is 3.07. The van der Waals surface area contributed by atoms with Gasteiger partial charge in [0.25, 0.3) is 0 Å². The molecule has 0 spiro atoms. The average molecular weight is 270 g/mol. The van der Waals surface area contributed by atoms with E-state index in [2.05, 4.69) is 19.2 Å². The fourth-order valence-electron chi connectivity index (χ4n) is 2.10. The zero-order chi connectivity index (χ0) is 14.6. The van der Waals surface area contributed by atoms with Crippen LogP contribution in [0.3, 0.4) is 0 Å². The Labute approximate surface area is 115 Å². The Balaban J connectivity index is 2.60. The monoisotopic (exact) mass is 270 g/mol. The third-order valence-electron chi connectivity index (χ3n) is 3.11. The summed E-state index contributed by atoms with van der Waals surface area (Å²) < 4.78 is 0. The zero-order valence-corrected chi connectivity index (χ0v) is 12.3. The maximum atomic E-state index is 12.2. The third-order valence-corrected chi connectivity index (χ3v) is 3.11. The van der Waals surface area contributed by atoms with Gasteiger partial charge in [-0.15, -0.1) is 0 Å². The van der Waals surface area contributed by atoms with Crippen molar-refractivity contribution in [3.63, 3.8) is 0 Å². The molecule has 0 aliphatic heterocycles. The molecular formula is C14H26N2O3. The van der Waals surface area contributed by atoms with E-state index in [1.54, 1.807) is 4.90 Å². The van der Waals surface area contributed by atoms with Crippen LogP contribution in [-0.4, -0.2) is 40.6 Å². The van der Waals surface area contributed by atoms with Gasteiger partial charge in [-0.3, -0.25) is 0 Å². The number of hydrogen-bond donors (Lipinski definition) is 2. The molecule has 2 N–H and O–H groups in total. The highest BCUT2D eigenvalue weighted by molar-refractivity contribution is 5.82. The number of carbonyl (C=O) groups is 2. The number of carbonyl (C=O) groups excluding carboxylic acids is 1. The van der Waals surface area contributed by atoms with Gasteiger partial charge in [-0.05, 0) is 31.1 Å². The Morgan fingerprint density at radius 3 is 2.16 bits per heavy atom. The summed E-state index contributed by atoms with van der Waals surface area (Å²) in [6.07, 6.45) is 2.52. The van der Waals surface area contributed by atoms with Crippen LogP contribution < -0.4 is 5.32 Å². The molecule has 0 bridgehead atoms. The van der Waals surface area contributed by atoms with E-state index in [4.69, 9.17) is 5.11 Å². The van der Waals surface area contributed by atoms with Gasteiger partial charge >= 0.3 is 12.0 Å². The van der Waals surface area contributed by atoms with Gasteiger partial charge in [-0.1, -0.05) is 27.7 Å². The highest BCUT2D eigenvalue weighted by Gasteiger charge is 2.34. The molecule has 1 fully saturated rings. The molecule has 0 aromatic carbocycles. The van der Waals surface area contributed by atoms with Crippen molar-refractivity contribution < 1.29 is 14.7 Å². The number of amides is 2. The first-order valence-corrected chi connectivity index (χ1v) is 7.11. The molecule has 2 amide bonds. The fourth-order valence-corrected chi connectivity index (χ4v) is 2.10. The number of nitrogens with zero attached hydrogens (tertiary/aromatic N) is 1. The summed E-state index contributed by atoms with van der Waals surface area (Å²) in [7, 11) is 0. The van der Waals surface area contributed by atoms with Crippen LogP contribution in [-0.2, 0) is 4.79 Å². The smallest absolute Gasteiger partial charge is 0.326 e. The predicted molar refractivity (Wildman–Crippen MR) is 74.0 cm³/mol. The van der Waals surface area contributed by atoms with Gasteiger partial charge in [-0.25, -0.2) is 9.59 Å². The van der Waals surface area contributed by atoms with Crippen LogP contribution in [0.4, 0.5) is 4.79 Å². The van der Waals surface area contributed by atoms with Crippen molar-refractivity contribution in [3.05, 3.63) is 0 Å². The van der Waals surface area contributed by atoms with E-state index < -0.39 is 12.0 Å². The molecular weight excluding hydrogens is 244 g/mol. The molecule has 0 saturated heterocycles. The molecule has 5 heteroatoms. The summed E-state index contributed by atoms with van der Waals surface area (Å²) in [5, 5.41) is 11.8. The van der Waals surface area contributed by atoms with Crippen molar-refractivity contribution in [2.45, 2.75) is 59.0 Å². The van der Waals surface area contributed by atoms with Crippen LogP contribution in [0, 0.1) is 11.8 Å². The van der Waals surface area contributed by atoms with Crippen LogP contribution in [0.15, 0.2) is 0 Å². The minimum Gasteiger partial charge on any atom is -0.480 e. The Hall–Kier alpha value is -1.26. The highest BCUT2D eigenvalue weighted by atomic mass is 16.4. The molecule has 1 aliphatic rings. The number of aliphatic carboxylic acids is 1. The number of nitrogens with one attached hydrogen (secondary N) is 1. The summed E-state index contributed by atoms with van der Waals surface area (Å²) in [5.41, 5.74) is 0. The molecule has 0 aromatic rings. The largest absolute Gasteiger partial charge is 0.480 e. The normalized spacial score (nSPS) is 16.5. The highest BCUT2D eigenvalue weighted by Crippen LogP contribution is 2.27. The predicted octanol–water partition coefficient (Wildman–Crippen LogP) is 2.32. The minimum atomic E-state index is -0.956. The molecule has 0 unspecified atom stereocenters. The van der Waals surface area contributed by atoms with Crippen molar-refractivity contribution in [2.24, 2.45) is 11.8 Å². The lowest BCUT2D eigenvalue weighted by atomic mass is 10.0. The van der Waals surface area contributed by atoms with Gasteiger partial charge in [0, 0.05) is 12.6 Å². The third kappa shape index (κ3) is 5.49. The molecule has 0 aromatic heterocycles. The lowest BCUT2D eigenvalue weighted by Crippen LogP contribution is -2.50. The minimum absolute atomic E-state index is 0.232. The molecule has 0 radical (unpaired) electrons. The van der Waals surface area contributed by atoms with Crippen LogP contribution in [0.1, 0.15) is 47.0 Å². The second-order valence-electron chi connectivity index (χ2n) is 6.25. The quantitative estimate of drug-likeness (QED) is 0.746. The van der Waals surface area contributed by atoms with Gasteiger partial charge in [0.05, 0.1) is 0 Å². The second kappa shape index (κ2) is 6.78. The Morgan fingerprint density at radius 2 is 1.79 bits per heavy atom. The van der Waals surface area contributed by atoms with E-state index in [0.717, 1.165) is 12.8 Å². The van der Waals surface area contributed by atoms with Gasteiger partial charge in [-0.2, -0.15) is 0 Å². The van der Waals surface area contributed by atoms with Crippen molar-refractivity contribution in [1.29, 1.82) is 0 Å². The summed E-state index contributed by atoms with van der Waals surface area (Å²) >= 11 is 0. The topological polar surface area (TPSA) is 69.6 Å². The number of carboxylic acids is 1. The lowest BCUT2D eigenvalue weighted by molar-refractivity contribution is -0.139. The summed E-state index contributed by atoms with van der Waals surface area (Å²) in [6, 6.07) is -0.721. The first-order chi connectivity index (χ1) is 8.81. The van der Waals surface area contributed by atoms with Crippen LogP contribution in [0.5, 0.6) is 0 Å². The number of hydrogen-bond acceptors (Lipinski definition) is 2. The standard InChI is InChI=1S/C14H26N2O3/c1-9(2)7-12(13(17)18)15-14(19)16(8-10(3)4)11-5-6-11/h9-12H,5-8H2,1-4H3,(H,15,19)(H,17,18)/t12-/m1/s1. The Kier molecular flexibility index (Phi) is 5.63. The molecule has 1 saturated carbocycles. The summed E-state index contributed by atoms with van der Waals surface area (Å²) in [5.74, 6) is -0.331. The van der Waals surface area contributed by atoms with E-state index in [1.807, 2.05) is 13.8 Å². The van der Waals surface area contributed by atoms with Crippen LogP contribution in [0.25, 0.3) is 0 Å². The van der Waals surface area contributed by atoms with Crippen molar-refractivity contribution in [3.8, 4) is 0 Å². The second-order valence-corrected chi connectivity index (χ2v) is 6.25. The van der Waals surface area contributed by atoms with E-state index >= 15 is 0 Å². The van der Waals surface area contributed by atoms with Crippen LogP contribution >= 0.6 is 0 Å². The first-order valence-electron chi connectivity index (χ1n) is 7.11. The van der Waals surface area contributed by atoms with Crippen molar-refractivity contribution in [1.82, 2.24) is 10.2 Å². The molecule has 5 nitrogen and oxygen atoms in total. The van der Waals surface area contributed by atoms with Gasteiger partial charge in [0.1, 0.15) is 6.04 Å². The van der Waals surface area contributed by atoms with Gasteiger partial charge < -0.3 is 15.3 Å². The first kappa shape index (κ1) is 15.8. The van der Waals surface area contributed by atoms with Crippen molar-refractivity contribution >= 4 is 12.0 Å². The van der Waals surface area contributed by atoms with Crippen molar-refractivity contribution in [2.75, 3.05) is 6.54 Å². The SMILES string of the molecule is CC(C)C[C@@H](NC(=O)N(CC(C)C)C1CC1)C(=O)O. The molecule has 1 atom stereocenters. The van der Waals surface area contributed by atoms with Gasteiger partial charge in [0.2, 0.25) is 0 Å². The molecule has 0 heterocycles. The molecule has 1 rings (SSSR count). The number of carboxylic acid groups (broad SMARTS) is 1. The van der Waals surface area contributed by atoms with Gasteiger partial charge in [0.15, 0.2) is 0 Å². The molecule has 19 heavy (non-hydrogen) atoms. The Morgan fingerprint density at radius 1 is 1.21 bits per heavy atom. The van der Waals surface area contributed by atoms with E-state index in [0.29, 0.717) is 24.9 Å². The van der Waals surface area contributed by atoms with E-state index in [1.165, 1.54) is 0 Å². The number of urea groups is 1. The molecule has 110 valence electrons. The number of rotatable bonds is 7. The van der Waals surface area contributed by atoms with E-state index in [-0.39, 0.29) is 11.9 Å². The van der Waals surface area contributed by atoms with E-state index in [9.17, 15) is 9.59 Å². The Bertz CT molecular complexity index is 325. The van der Waals surface area contributed by atoms with Crippen LogP contribution in [0.2, 0.25) is 0 Å². The summed E-state index contributed by atoms with van der Waals surface area (Å²) in [4.78, 5) is 25.2.